The van der Waals surface area contributed by atoms with Gasteiger partial charge >= 0.3 is 0 Å². The summed E-state index contributed by atoms with van der Waals surface area (Å²) >= 11 is 0. The average molecular weight is 484 g/mol. The van der Waals surface area contributed by atoms with E-state index in [9.17, 15) is 4.79 Å². The largest absolute Gasteiger partial charge is 0.398 e. The molecular formula is C31H25N5O. The minimum Gasteiger partial charge on any atom is -0.398 e. The third kappa shape index (κ3) is 3.37. The van der Waals surface area contributed by atoms with Gasteiger partial charge < -0.3 is 16.0 Å². The quantitative estimate of drug-likeness (QED) is 0.208. The summed E-state index contributed by atoms with van der Waals surface area (Å²) in [4.78, 5) is 14.3. The van der Waals surface area contributed by atoms with Gasteiger partial charge in [-0.05, 0) is 69.8 Å². The van der Waals surface area contributed by atoms with Gasteiger partial charge in [-0.25, -0.2) is 0 Å². The molecule has 2 heterocycles. The number of rotatable bonds is 4. The standard InChI is InChI=1S/C31H25N5O/c32-16-26-24(3-1-5-28(26)33)18-7-9-30-20(11-18)13-21-12-19(25-4-2-6-29-27(25)17-34-35-29)8-10-31(21)36(30)22-14-23(37)15-22/h1-12,16-17,22,32H,13-15,33H2,(H,34,35). The van der Waals surface area contributed by atoms with Crippen molar-refractivity contribution in [3.05, 3.63) is 95.7 Å². The summed E-state index contributed by atoms with van der Waals surface area (Å²) in [5.41, 5.74) is 17.6. The van der Waals surface area contributed by atoms with Crippen LogP contribution in [-0.4, -0.2) is 28.2 Å². The van der Waals surface area contributed by atoms with Gasteiger partial charge in [-0.2, -0.15) is 5.10 Å². The second-order valence-corrected chi connectivity index (χ2v) is 9.92. The lowest BCUT2D eigenvalue weighted by Gasteiger charge is -2.43. The van der Waals surface area contributed by atoms with Crippen molar-refractivity contribution in [3.63, 3.8) is 0 Å². The minimum atomic E-state index is 0.170. The second-order valence-electron chi connectivity index (χ2n) is 9.92. The molecule has 1 aromatic heterocycles. The van der Waals surface area contributed by atoms with Gasteiger partial charge in [-0.1, -0.05) is 36.4 Å². The van der Waals surface area contributed by atoms with Crippen LogP contribution in [0, 0.1) is 5.41 Å². The molecule has 37 heavy (non-hydrogen) atoms. The molecule has 1 fully saturated rings. The first-order chi connectivity index (χ1) is 18.1. The number of nitrogens with one attached hydrogen (secondary N) is 2. The number of nitrogens with two attached hydrogens (primary N) is 1. The fourth-order valence-corrected chi connectivity index (χ4v) is 5.85. The maximum atomic E-state index is 12.0. The Bertz CT molecular complexity index is 1730. The number of Topliss-reactive ketones (excluding diaryl/α,β-unsaturated/α-hetero) is 1. The average Bonchev–Trinajstić information content (AvgIpc) is 3.38. The van der Waals surface area contributed by atoms with Crippen LogP contribution < -0.4 is 10.6 Å². The third-order valence-corrected chi connectivity index (χ3v) is 7.74. The Morgan fingerprint density at radius 3 is 2.30 bits per heavy atom. The van der Waals surface area contributed by atoms with Crippen LogP contribution in [0.3, 0.4) is 0 Å². The molecule has 0 spiro atoms. The van der Waals surface area contributed by atoms with E-state index in [1.807, 2.05) is 30.5 Å². The van der Waals surface area contributed by atoms with Gasteiger partial charge in [0.25, 0.3) is 0 Å². The molecule has 2 aliphatic rings. The number of H-pyrrole nitrogens is 1. The Kier molecular flexibility index (Phi) is 4.76. The van der Waals surface area contributed by atoms with Gasteiger partial charge in [0.1, 0.15) is 5.78 Å². The number of benzene rings is 4. The molecule has 0 saturated heterocycles. The first-order valence-corrected chi connectivity index (χ1v) is 12.5. The molecule has 180 valence electrons. The topological polar surface area (TPSA) is 98.9 Å². The summed E-state index contributed by atoms with van der Waals surface area (Å²) in [5.74, 6) is 0.314. The number of nitrogen functional groups attached to an aromatic ring is 1. The van der Waals surface area contributed by atoms with E-state index in [0.29, 0.717) is 24.3 Å². The number of fused-ring (bicyclic) bond motifs is 3. The maximum absolute atomic E-state index is 12.0. The zero-order valence-corrected chi connectivity index (χ0v) is 20.2. The van der Waals surface area contributed by atoms with Crippen LogP contribution in [0.25, 0.3) is 33.2 Å². The first kappa shape index (κ1) is 21.6. The SMILES string of the molecule is N=Cc1c(N)cccc1-c1ccc2c(c1)Cc1cc(-c3cccc4[nH]ncc34)ccc1N2C1CC(=O)C1. The van der Waals surface area contributed by atoms with E-state index in [1.54, 1.807) is 0 Å². The lowest BCUT2D eigenvalue weighted by Crippen LogP contribution is -2.44. The van der Waals surface area contributed by atoms with Crippen LogP contribution in [0.5, 0.6) is 0 Å². The van der Waals surface area contributed by atoms with Crippen molar-refractivity contribution in [1.82, 2.24) is 10.2 Å². The van der Waals surface area contributed by atoms with Crippen LogP contribution in [0.2, 0.25) is 0 Å². The minimum absolute atomic E-state index is 0.170. The van der Waals surface area contributed by atoms with Crippen LogP contribution in [0.4, 0.5) is 17.1 Å². The molecule has 5 aromatic rings. The Labute approximate surface area is 214 Å². The molecule has 0 amide bonds. The number of hydrogen-bond donors (Lipinski definition) is 3. The van der Waals surface area contributed by atoms with E-state index in [0.717, 1.165) is 50.8 Å². The number of nitrogens with zero attached hydrogens (tertiary/aromatic N) is 2. The van der Waals surface area contributed by atoms with Gasteiger partial charge in [0.15, 0.2) is 0 Å². The van der Waals surface area contributed by atoms with E-state index < -0.39 is 0 Å². The van der Waals surface area contributed by atoms with E-state index in [2.05, 4.69) is 63.6 Å². The fraction of sp³-hybridized carbons (Fsp3) is 0.129. The zero-order valence-electron chi connectivity index (χ0n) is 20.2. The third-order valence-electron chi connectivity index (χ3n) is 7.74. The molecule has 0 atom stereocenters. The highest BCUT2D eigenvalue weighted by Crippen LogP contribution is 2.46. The Hall–Kier alpha value is -4.71. The number of hydrogen-bond acceptors (Lipinski definition) is 5. The van der Waals surface area contributed by atoms with Crippen molar-refractivity contribution >= 4 is 40.0 Å². The summed E-state index contributed by atoms with van der Waals surface area (Å²) in [6.45, 7) is 0. The van der Waals surface area contributed by atoms with Crippen molar-refractivity contribution in [1.29, 1.82) is 5.41 Å². The molecule has 6 heteroatoms. The van der Waals surface area contributed by atoms with Crippen LogP contribution in [0.15, 0.2) is 79.0 Å². The number of aromatic nitrogens is 2. The smallest absolute Gasteiger partial charge is 0.137 e. The van der Waals surface area contributed by atoms with Gasteiger partial charge in [-0.15, -0.1) is 0 Å². The zero-order chi connectivity index (χ0) is 25.1. The Balaban J connectivity index is 1.37. The second kappa shape index (κ2) is 8.17. The summed E-state index contributed by atoms with van der Waals surface area (Å²) in [7, 11) is 0. The molecule has 7 rings (SSSR count). The molecule has 4 N–H and O–H groups in total. The van der Waals surface area contributed by atoms with E-state index in [-0.39, 0.29) is 6.04 Å². The summed E-state index contributed by atoms with van der Waals surface area (Å²) in [5, 5.41) is 16.3. The molecule has 4 aromatic carbocycles. The van der Waals surface area contributed by atoms with E-state index in [1.165, 1.54) is 23.0 Å². The first-order valence-electron chi connectivity index (χ1n) is 12.5. The number of anilines is 3. The molecule has 0 bridgehead atoms. The summed E-state index contributed by atoms with van der Waals surface area (Å²) < 4.78 is 0. The Morgan fingerprint density at radius 2 is 1.59 bits per heavy atom. The molecule has 6 nitrogen and oxygen atoms in total. The predicted molar refractivity (Wildman–Crippen MR) is 149 cm³/mol. The van der Waals surface area contributed by atoms with Crippen molar-refractivity contribution in [2.24, 2.45) is 0 Å². The lowest BCUT2D eigenvalue weighted by atomic mass is 9.84. The normalized spacial score (nSPS) is 14.8. The van der Waals surface area contributed by atoms with E-state index in [4.69, 9.17) is 11.1 Å². The summed E-state index contributed by atoms with van der Waals surface area (Å²) in [6, 6.07) is 25.3. The molecule has 1 saturated carbocycles. The predicted octanol–water partition coefficient (Wildman–Crippen LogP) is 6.25. The van der Waals surface area contributed by atoms with Crippen molar-refractivity contribution in [3.8, 4) is 22.3 Å². The highest BCUT2D eigenvalue weighted by atomic mass is 16.1. The number of carbonyl (C=O) groups is 1. The van der Waals surface area contributed by atoms with E-state index >= 15 is 0 Å². The van der Waals surface area contributed by atoms with Gasteiger partial charge in [0.05, 0.1) is 11.7 Å². The Morgan fingerprint density at radius 1 is 0.919 bits per heavy atom. The molecule has 0 unspecified atom stereocenters. The highest BCUT2D eigenvalue weighted by Gasteiger charge is 2.37. The molecular weight excluding hydrogens is 458 g/mol. The highest BCUT2D eigenvalue weighted by molar-refractivity contribution is 5.97. The number of ketones is 1. The number of aromatic amines is 1. The number of carbonyl (C=O) groups excluding carboxylic acids is 1. The van der Waals surface area contributed by atoms with Crippen LogP contribution in [-0.2, 0) is 11.2 Å². The van der Waals surface area contributed by atoms with Crippen molar-refractivity contribution in [2.75, 3.05) is 10.6 Å². The van der Waals surface area contributed by atoms with Gasteiger partial charge in [0, 0.05) is 59.5 Å². The van der Waals surface area contributed by atoms with Crippen LogP contribution >= 0.6 is 0 Å². The van der Waals surface area contributed by atoms with Crippen LogP contribution in [0.1, 0.15) is 29.5 Å². The molecule has 1 aliphatic heterocycles. The van der Waals surface area contributed by atoms with Gasteiger partial charge in [0.2, 0.25) is 0 Å². The lowest BCUT2D eigenvalue weighted by molar-refractivity contribution is -0.124. The molecule has 0 radical (unpaired) electrons. The fourth-order valence-electron chi connectivity index (χ4n) is 5.85. The van der Waals surface area contributed by atoms with Crippen molar-refractivity contribution < 1.29 is 4.79 Å². The molecule has 1 aliphatic carbocycles. The van der Waals surface area contributed by atoms with Crippen molar-refractivity contribution in [2.45, 2.75) is 25.3 Å². The maximum Gasteiger partial charge on any atom is 0.137 e. The monoisotopic (exact) mass is 483 g/mol. The van der Waals surface area contributed by atoms with Gasteiger partial charge in [-0.3, -0.25) is 9.89 Å². The summed E-state index contributed by atoms with van der Waals surface area (Å²) in [6.07, 6.45) is 5.14.